The van der Waals surface area contributed by atoms with Gasteiger partial charge in [0.25, 0.3) is 0 Å². The Hall–Kier alpha value is -1.16. The minimum absolute atomic E-state index is 0.0535. The van der Waals surface area contributed by atoms with E-state index in [9.17, 15) is 0 Å². The molecule has 3 heteroatoms. The van der Waals surface area contributed by atoms with Crippen LogP contribution in [-0.2, 0) is 26.6 Å². The predicted molar refractivity (Wildman–Crippen MR) is 86.5 cm³/mol. The lowest BCUT2D eigenvalue weighted by Gasteiger charge is -2.51. The number of rotatable bonds is 6. The average molecular weight is 302 g/mol. The Morgan fingerprint density at radius 3 is 2.18 bits per heavy atom. The van der Waals surface area contributed by atoms with Crippen LogP contribution in [0.1, 0.15) is 44.2 Å². The van der Waals surface area contributed by atoms with Gasteiger partial charge in [0.1, 0.15) is 0 Å². The van der Waals surface area contributed by atoms with Crippen LogP contribution in [-0.4, -0.2) is 19.8 Å². The van der Waals surface area contributed by atoms with Crippen LogP contribution < -0.4 is 0 Å². The van der Waals surface area contributed by atoms with E-state index in [0.717, 1.165) is 51.1 Å². The van der Waals surface area contributed by atoms with Gasteiger partial charge >= 0.3 is 5.97 Å². The van der Waals surface area contributed by atoms with Crippen molar-refractivity contribution in [2.24, 2.45) is 5.41 Å². The molecule has 0 amide bonds. The van der Waals surface area contributed by atoms with Gasteiger partial charge in [0, 0.05) is 11.0 Å². The van der Waals surface area contributed by atoms with Gasteiger partial charge in [0.05, 0.1) is 19.8 Å². The molecule has 3 saturated heterocycles. The van der Waals surface area contributed by atoms with Gasteiger partial charge in [-0.2, -0.15) is 0 Å². The second kappa shape index (κ2) is 6.15. The number of ether oxygens (including phenoxy) is 3. The molecule has 3 nitrogen and oxygen atoms in total. The average Bonchev–Trinajstić information content (AvgIpc) is 2.55. The third-order valence-electron chi connectivity index (χ3n) is 4.63. The Morgan fingerprint density at radius 1 is 1.09 bits per heavy atom. The molecule has 2 bridgehead atoms. The van der Waals surface area contributed by atoms with Crippen LogP contribution in [0.4, 0.5) is 0 Å². The highest BCUT2D eigenvalue weighted by molar-refractivity contribution is 5.26. The minimum Gasteiger partial charge on any atom is -0.323 e. The van der Waals surface area contributed by atoms with E-state index in [0.29, 0.717) is 0 Å². The van der Waals surface area contributed by atoms with E-state index in [-0.39, 0.29) is 5.41 Å². The molecule has 3 aliphatic heterocycles. The van der Waals surface area contributed by atoms with Gasteiger partial charge in [-0.1, -0.05) is 43.2 Å². The molecule has 0 aromatic heterocycles. The van der Waals surface area contributed by atoms with Crippen LogP contribution in [0, 0.1) is 5.41 Å². The lowest BCUT2D eigenvalue weighted by atomic mass is 9.83. The van der Waals surface area contributed by atoms with E-state index < -0.39 is 5.97 Å². The highest BCUT2D eigenvalue weighted by Crippen LogP contribution is 2.46. The second-order valence-electron chi connectivity index (χ2n) is 6.83. The molecule has 0 atom stereocenters. The van der Waals surface area contributed by atoms with Crippen molar-refractivity contribution in [3.63, 3.8) is 0 Å². The van der Waals surface area contributed by atoms with E-state index in [1.807, 2.05) is 0 Å². The summed E-state index contributed by atoms with van der Waals surface area (Å²) in [6.45, 7) is 10.4. The zero-order chi connectivity index (χ0) is 15.6. The highest BCUT2D eigenvalue weighted by atomic mass is 16.9. The number of allylic oxidation sites excluding steroid dienone is 1. The van der Waals surface area contributed by atoms with Gasteiger partial charge in [0.15, 0.2) is 0 Å². The maximum absolute atomic E-state index is 5.99. The van der Waals surface area contributed by atoms with Crippen LogP contribution in [0.3, 0.4) is 0 Å². The summed E-state index contributed by atoms with van der Waals surface area (Å²) in [6, 6.07) is 8.38. The monoisotopic (exact) mass is 302 g/mol. The van der Waals surface area contributed by atoms with Crippen molar-refractivity contribution >= 4 is 0 Å². The molecule has 1 aromatic carbocycles. The van der Waals surface area contributed by atoms with E-state index in [1.165, 1.54) is 11.1 Å². The normalized spacial score (nSPS) is 30.5. The van der Waals surface area contributed by atoms with E-state index in [4.69, 9.17) is 14.2 Å². The van der Waals surface area contributed by atoms with Crippen molar-refractivity contribution < 1.29 is 14.2 Å². The SMILES string of the molecule is C=C(C)CCc1ccc(C23OCC(CCC)(CO2)CO3)cc1. The molecule has 0 aliphatic carbocycles. The van der Waals surface area contributed by atoms with Crippen LogP contribution in [0.25, 0.3) is 0 Å². The van der Waals surface area contributed by atoms with E-state index in [2.05, 4.69) is 44.7 Å². The summed E-state index contributed by atoms with van der Waals surface area (Å²) in [4.78, 5) is 0. The van der Waals surface area contributed by atoms with Gasteiger partial charge in [-0.3, -0.25) is 0 Å². The maximum Gasteiger partial charge on any atom is 0.312 e. The van der Waals surface area contributed by atoms with E-state index >= 15 is 0 Å². The Bertz CT molecular complexity index is 508. The minimum atomic E-state index is -0.984. The lowest BCUT2D eigenvalue weighted by Crippen LogP contribution is -2.58. The molecule has 3 aliphatic rings. The maximum atomic E-state index is 5.99. The summed E-state index contributed by atoms with van der Waals surface area (Å²) < 4.78 is 18.0. The summed E-state index contributed by atoms with van der Waals surface area (Å²) in [5.41, 5.74) is 3.52. The van der Waals surface area contributed by atoms with Gasteiger partial charge in [-0.05, 0) is 31.7 Å². The van der Waals surface area contributed by atoms with Crippen molar-refractivity contribution in [1.29, 1.82) is 0 Å². The first-order chi connectivity index (χ1) is 10.6. The number of hydrogen-bond acceptors (Lipinski definition) is 3. The standard InChI is InChI=1S/C19H26O3/c1-4-11-18-12-20-19(21-13-18,22-14-18)17-9-7-16(8-10-17)6-5-15(2)3/h7-10H,2,4-6,11-14H2,1,3H3. The fourth-order valence-electron chi connectivity index (χ4n) is 3.22. The van der Waals surface area contributed by atoms with Crippen molar-refractivity contribution in [2.45, 2.75) is 45.5 Å². The third-order valence-corrected chi connectivity index (χ3v) is 4.63. The summed E-state index contributed by atoms with van der Waals surface area (Å²) >= 11 is 0. The van der Waals surface area contributed by atoms with Crippen molar-refractivity contribution in [1.82, 2.24) is 0 Å². The lowest BCUT2D eigenvalue weighted by molar-refractivity contribution is -0.480. The predicted octanol–water partition coefficient (Wildman–Crippen LogP) is 4.17. The Kier molecular flexibility index (Phi) is 4.40. The Balaban J connectivity index is 1.69. The topological polar surface area (TPSA) is 27.7 Å². The number of fused-ring (bicyclic) bond motifs is 3. The fourth-order valence-corrected chi connectivity index (χ4v) is 3.22. The molecule has 3 fully saturated rings. The summed E-state index contributed by atoms with van der Waals surface area (Å²) in [5.74, 6) is -0.984. The molecule has 4 rings (SSSR count). The van der Waals surface area contributed by atoms with Crippen LogP contribution in [0.2, 0.25) is 0 Å². The molecule has 120 valence electrons. The van der Waals surface area contributed by atoms with Crippen LogP contribution in [0.5, 0.6) is 0 Å². The molecule has 22 heavy (non-hydrogen) atoms. The van der Waals surface area contributed by atoms with Gasteiger partial charge in [0.2, 0.25) is 0 Å². The summed E-state index contributed by atoms with van der Waals surface area (Å²) in [5, 5.41) is 0. The quantitative estimate of drug-likeness (QED) is 0.738. The van der Waals surface area contributed by atoms with Crippen LogP contribution in [0.15, 0.2) is 36.4 Å². The van der Waals surface area contributed by atoms with E-state index in [1.54, 1.807) is 0 Å². The van der Waals surface area contributed by atoms with Crippen LogP contribution >= 0.6 is 0 Å². The number of hydrogen-bond donors (Lipinski definition) is 0. The zero-order valence-corrected chi connectivity index (χ0v) is 13.7. The summed E-state index contributed by atoms with van der Waals surface area (Å²) in [6.07, 6.45) is 4.25. The first-order valence-electron chi connectivity index (χ1n) is 8.23. The molecule has 0 spiro atoms. The van der Waals surface area contributed by atoms with Crippen molar-refractivity contribution in [3.05, 3.63) is 47.5 Å². The number of aryl methyl sites for hydroxylation is 1. The molecule has 0 saturated carbocycles. The largest absolute Gasteiger partial charge is 0.323 e. The zero-order valence-electron chi connectivity index (χ0n) is 13.7. The summed E-state index contributed by atoms with van der Waals surface area (Å²) in [7, 11) is 0. The first-order valence-corrected chi connectivity index (χ1v) is 8.23. The molecular formula is C19H26O3. The molecule has 1 aromatic rings. The molecule has 0 unspecified atom stereocenters. The van der Waals surface area contributed by atoms with Gasteiger partial charge in [-0.25, -0.2) is 0 Å². The molecule has 3 heterocycles. The Labute approximate surface area is 133 Å². The third kappa shape index (κ3) is 2.98. The number of benzene rings is 1. The smallest absolute Gasteiger partial charge is 0.312 e. The molecule has 0 N–H and O–H groups in total. The van der Waals surface area contributed by atoms with Gasteiger partial charge < -0.3 is 14.2 Å². The first kappa shape index (κ1) is 15.7. The second-order valence-corrected chi connectivity index (χ2v) is 6.83. The van der Waals surface area contributed by atoms with Crippen molar-refractivity contribution in [3.8, 4) is 0 Å². The highest BCUT2D eigenvalue weighted by Gasteiger charge is 2.53. The fraction of sp³-hybridized carbons (Fsp3) is 0.579. The molecular weight excluding hydrogens is 276 g/mol. The Morgan fingerprint density at radius 2 is 1.68 bits per heavy atom. The van der Waals surface area contributed by atoms with Gasteiger partial charge in [-0.15, -0.1) is 6.58 Å². The van der Waals surface area contributed by atoms with Crippen molar-refractivity contribution in [2.75, 3.05) is 19.8 Å². The molecule has 0 radical (unpaired) electrons.